The zero-order valence-corrected chi connectivity index (χ0v) is 12.6. The number of hydrogen-bond acceptors (Lipinski definition) is 4. The lowest BCUT2D eigenvalue weighted by Gasteiger charge is -2.10. The van der Waals surface area contributed by atoms with Gasteiger partial charge in [0.05, 0.1) is 5.56 Å². The number of nitriles is 1. The van der Waals surface area contributed by atoms with Crippen molar-refractivity contribution in [1.29, 1.82) is 5.26 Å². The maximum Gasteiger partial charge on any atom is 0.115 e. The van der Waals surface area contributed by atoms with Crippen molar-refractivity contribution in [3.05, 3.63) is 41.9 Å². The van der Waals surface area contributed by atoms with Gasteiger partial charge in [-0.3, -0.25) is 4.98 Å². The SMILES string of the molecule is CCCCSc1nc(C)cc(-c2ccncc2)c1C#N. The van der Waals surface area contributed by atoms with Crippen molar-refractivity contribution in [2.24, 2.45) is 0 Å². The number of hydrogen-bond donors (Lipinski definition) is 0. The van der Waals surface area contributed by atoms with Crippen molar-refractivity contribution >= 4 is 11.8 Å². The molecule has 2 heterocycles. The van der Waals surface area contributed by atoms with E-state index >= 15 is 0 Å². The molecule has 0 fully saturated rings. The first-order valence-electron chi connectivity index (χ1n) is 6.71. The van der Waals surface area contributed by atoms with Gasteiger partial charge in [0.15, 0.2) is 0 Å². The molecule has 0 amide bonds. The molecule has 0 saturated heterocycles. The van der Waals surface area contributed by atoms with Crippen LogP contribution in [0.3, 0.4) is 0 Å². The van der Waals surface area contributed by atoms with Gasteiger partial charge in [0.2, 0.25) is 0 Å². The van der Waals surface area contributed by atoms with Crippen molar-refractivity contribution in [3.63, 3.8) is 0 Å². The van der Waals surface area contributed by atoms with Crippen LogP contribution in [0.5, 0.6) is 0 Å². The van der Waals surface area contributed by atoms with E-state index in [1.165, 1.54) is 0 Å². The van der Waals surface area contributed by atoms with E-state index in [1.807, 2.05) is 25.1 Å². The van der Waals surface area contributed by atoms with E-state index in [1.54, 1.807) is 24.2 Å². The van der Waals surface area contributed by atoms with Crippen LogP contribution in [0, 0.1) is 18.3 Å². The summed E-state index contributed by atoms with van der Waals surface area (Å²) in [6.07, 6.45) is 5.78. The average Bonchev–Trinajstić information content (AvgIpc) is 2.48. The third kappa shape index (κ3) is 3.37. The first-order valence-corrected chi connectivity index (χ1v) is 7.69. The summed E-state index contributed by atoms with van der Waals surface area (Å²) in [6, 6.07) is 8.14. The maximum absolute atomic E-state index is 9.49. The summed E-state index contributed by atoms with van der Waals surface area (Å²) in [7, 11) is 0. The molecular formula is C16H17N3S. The van der Waals surface area contributed by atoms with Crippen molar-refractivity contribution < 1.29 is 0 Å². The van der Waals surface area contributed by atoms with Crippen LogP contribution in [-0.2, 0) is 0 Å². The smallest absolute Gasteiger partial charge is 0.115 e. The fourth-order valence-electron chi connectivity index (χ4n) is 1.93. The van der Waals surface area contributed by atoms with Crippen LogP contribution in [0.2, 0.25) is 0 Å². The van der Waals surface area contributed by atoms with Crippen molar-refractivity contribution in [2.45, 2.75) is 31.7 Å². The molecule has 0 aliphatic rings. The Hall–Kier alpha value is -1.86. The Bertz CT molecular complexity index is 618. The number of aryl methyl sites for hydroxylation is 1. The molecule has 0 atom stereocenters. The second-order valence-corrected chi connectivity index (χ2v) is 5.62. The lowest BCUT2D eigenvalue weighted by molar-refractivity contribution is 0.893. The van der Waals surface area contributed by atoms with E-state index in [4.69, 9.17) is 0 Å². The molecule has 0 spiro atoms. The van der Waals surface area contributed by atoms with Crippen molar-refractivity contribution in [2.75, 3.05) is 5.75 Å². The Morgan fingerprint density at radius 2 is 2.05 bits per heavy atom. The largest absolute Gasteiger partial charge is 0.265 e. The third-order valence-electron chi connectivity index (χ3n) is 2.95. The Morgan fingerprint density at radius 1 is 1.30 bits per heavy atom. The highest BCUT2D eigenvalue weighted by atomic mass is 32.2. The molecule has 2 aromatic rings. The number of aromatic nitrogens is 2. The summed E-state index contributed by atoms with van der Waals surface area (Å²) in [6.45, 7) is 4.13. The zero-order chi connectivity index (χ0) is 14.4. The van der Waals surface area contributed by atoms with Crippen molar-refractivity contribution in [3.8, 4) is 17.2 Å². The van der Waals surface area contributed by atoms with E-state index in [9.17, 15) is 5.26 Å². The first kappa shape index (κ1) is 14.5. The molecule has 2 rings (SSSR count). The minimum atomic E-state index is 0.669. The van der Waals surface area contributed by atoms with E-state index in [2.05, 4.69) is 23.0 Å². The lowest BCUT2D eigenvalue weighted by atomic mass is 10.0. The van der Waals surface area contributed by atoms with Crippen LogP contribution >= 0.6 is 11.8 Å². The molecule has 0 bridgehead atoms. The van der Waals surface area contributed by atoms with Gasteiger partial charge >= 0.3 is 0 Å². The molecular weight excluding hydrogens is 266 g/mol. The topological polar surface area (TPSA) is 49.6 Å². The molecule has 0 unspecified atom stereocenters. The molecule has 2 aromatic heterocycles. The van der Waals surface area contributed by atoms with E-state index in [-0.39, 0.29) is 0 Å². The third-order valence-corrected chi connectivity index (χ3v) is 4.02. The van der Waals surface area contributed by atoms with Crippen LogP contribution in [-0.4, -0.2) is 15.7 Å². The van der Waals surface area contributed by atoms with Gasteiger partial charge in [-0.05, 0) is 42.9 Å². The second kappa shape index (κ2) is 7.06. The van der Waals surface area contributed by atoms with E-state index in [0.717, 1.165) is 40.4 Å². The minimum absolute atomic E-state index is 0.669. The quantitative estimate of drug-likeness (QED) is 0.609. The number of rotatable bonds is 5. The van der Waals surface area contributed by atoms with E-state index in [0.29, 0.717) is 5.56 Å². The van der Waals surface area contributed by atoms with Crippen molar-refractivity contribution in [1.82, 2.24) is 9.97 Å². The summed E-state index contributed by atoms with van der Waals surface area (Å²) in [4.78, 5) is 8.55. The summed E-state index contributed by atoms with van der Waals surface area (Å²) >= 11 is 1.67. The highest BCUT2D eigenvalue weighted by Gasteiger charge is 2.13. The highest BCUT2D eigenvalue weighted by molar-refractivity contribution is 7.99. The summed E-state index contributed by atoms with van der Waals surface area (Å²) in [5.41, 5.74) is 3.57. The molecule has 20 heavy (non-hydrogen) atoms. The number of nitrogens with zero attached hydrogens (tertiary/aromatic N) is 3. The lowest BCUT2D eigenvalue weighted by Crippen LogP contribution is -1.96. The fraction of sp³-hybridized carbons (Fsp3) is 0.312. The molecule has 4 heteroatoms. The Labute approximate surface area is 124 Å². The number of unbranched alkanes of at least 4 members (excludes halogenated alkanes) is 1. The van der Waals surface area contributed by atoms with Gasteiger partial charge in [0, 0.05) is 23.7 Å². The monoisotopic (exact) mass is 283 g/mol. The van der Waals surface area contributed by atoms with Crippen LogP contribution in [0.1, 0.15) is 31.0 Å². The van der Waals surface area contributed by atoms with E-state index < -0.39 is 0 Å². The van der Waals surface area contributed by atoms with Gasteiger partial charge < -0.3 is 0 Å². The predicted octanol–water partition coefficient (Wildman–Crippen LogP) is 4.22. The summed E-state index contributed by atoms with van der Waals surface area (Å²) < 4.78 is 0. The second-order valence-electron chi connectivity index (χ2n) is 4.54. The highest BCUT2D eigenvalue weighted by Crippen LogP contribution is 2.31. The Balaban J connectivity index is 2.44. The molecule has 0 saturated carbocycles. The molecule has 0 N–H and O–H groups in total. The maximum atomic E-state index is 9.49. The Morgan fingerprint density at radius 3 is 2.70 bits per heavy atom. The molecule has 0 aliphatic heterocycles. The fourth-order valence-corrected chi connectivity index (χ4v) is 3.06. The Kier molecular flexibility index (Phi) is 5.14. The van der Waals surface area contributed by atoms with Gasteiger partial charge in [-0.25, -0.2) is 4.98 Å². The summed E-state index contributed by atoms with van der Waals surface area (Å²) in [5.74, 6) is 0.997. The molecule has 102 valence electrons. The van der Waals surface area contributed by atoms with Gasteiger partial charge in [0.1, 0.15) is 11.1 Å². The predicted molar refractivity (Wildman–Crippen MR) is 82.6 cm³/mol. The first-order chi connectivity index (χ1) is 9.76. The number of pyridine rings is 2. The standard InChI is InChI=1S/C16H17N3S/c1-3-4-9-20-16-15(11-17)14(10-12(2)19-16)13-5-7-18-8-6-13/h5-8,10H,3-4,9H2,1-2H3. The van der Waals surface area contributed by atoms with Crippen LogP contribution in [0.25, 0.3) is 11.1 Å². The van der Waals surface area contributed by atoms with Crippen LogP contribution in [0.4, 0.5) is 0 Å². The van der Waals surface area contributed by atoms with Gasteiger partial charge in [-0.2, -0.15) is 5.26 Å². The average molecular weight is 283 g/mol. The van der Waals surface area contributed by atoms with Gasteiger partial charge in [0.25, 0.3) is 0 Å². The van der Waals surface area contributed by atoms with Gasteiger partial charge in [-0.15, -0.1) is 11.8 Å². The van der Waals surface area contributed by atoms with Crippen LogP contribution in [0.15, 0.2) is 35.6 Å². The molecule has 3 nitrogen and oxygen atoms in total. The summed E-state index contributed by atoms with van der Waals surface area (Å²) in [5, 5.41) is 10.3. The van der Waals surface area contributed by atoms with Gasteiger partial charge in [-0.1, -0.05) is 13.3 Å². The number of thioether (sulfide) groups is 1. The normalized spacial score (nSPS) is 10.2. The minimum Gasteiger partial charge on any atom is -0.265 e. The molecule has 0 aromatic carbocycles. The molecule has 0 aliphatic carbocycles. The van der Waals surface area contributed by atoms with Crippen LogP contribution < -0.4 is 0 Å². The zero-order valence-electron chi connectivity index (χ0n) is 11.8. The molecule has 0 radical (unpaired) electrons.